The molecule has 0 aliphatic rings. The van der Waals surface area contributed by atoms with Crippen molar-refractivity contribution in [1.29, 1.82) is 0 Å². The molecule has 0 bridgehead atoms. The predicted octanol–water partition coefficient (Wildman–Crippen LogP) is 4.69. The van der Waals surface area contributed by atoms with Gasteiger partial charge >= 0.3 is 18.5 Å². The Bertz CT molecular complexity index is 489. The highest BCUT2D eigenvalue weighted by molar-refractivity contribution is 5.65. The molecule has 1 nitrogen and oxygen atoms in total. The molecule has 1 aromatic heterocycles. The Hall–Kier alpha value is -1.74. The number of halogens is 9. The number of hydrogen-bond donors (Lipinski definition) is 0. The fourth-order valence-corrected chi connectivity index (χ4v) is 1.14. The minimum Gasteiger partial charge on any atom is -0.243 e. The van der Waals surface area contributed by atoms with Gasteiger partial charge in [-0.3, -0.25) is 0 Å². The minimum atomic E-state index is -5.32. The van der Waals surface area contributed by atoms with E-state index < -0.39 is 41.1 Å². The third-order valence-electron chi connectivity index (χ3n) is 2.09. The first-order chi connectivity index (χ1) is 8.73. The highest BCUT2D eigenvalue weighted by Crippen LogP contribution is 2.38. The summed E-state index contributed by atoms with van der Waals surface area (Å²) in [5.74, 6) is 0. The van der Waals surface area contributed by atoms with E-state index in [-0.39, 0.29) is 12.1 Å². The van der Waals surface area contributed by atoms with Gasteiger partial charge < -0.3 is 0 Å². The Labute approximate surface area is 105 Å². The van der Waals surface area contributed by atoms with Crippen LogP contribution in [-0.2, 0) is 12.4 Å². The number of rotatable bonds is 1. The van der Waals surface area contributed by atoms with Gasteiger partial charge in [-0.25, -0.2) is 4.98 Å². The lowest BCUT2D eigenvalue weighted by atomic mass is 10.1. The van der Waals surface area contributed by atoms with Crippen molar-refractivity contribution >= 4 is 5.57 Å². The molecule has 0 atom stereocenters. The van der Waals surface area contributed by atoms with E-state index in [0.29, 0.717) is 0 Å². The summed E-state index contributed by atoms with van der Waals surface area (Å²) in [7, 11) is 0. The SMILES string of the molecule is C=C(c1cc(C(F)(F)F)cc(C(F)(F)F)n1)C(F)(F)F. The molecular formula is C10H4F9N. The van der Waals surface area contributed by atoms with Gasteiger partial charge in [-0.1, -0.05) is 6.58 Å². The summed E-state index contributed by atoms with van der Waals surface area (Å²) in [6.07, 6.45) is -15.8. The average Bonchev–Trinajstić information content (AvgIpc) is 2.23. The van der Waals surface area contributed by atoms with Crippen LogP contribution in [0, 0.1) is 0 Å². The summed E-state index contributed by atoms with van der Waals surface area (Å²) in [5, 5.41) is 0. The molecule has 1 aromatic rings. The summed E-state index contributed by atoms with van der Waals surface area (Å²) in [5.41, 5.74) is -7.39. The molecule has 20 heavy (non-hydrogen) atoms. The lowest BCUT2D eigenvalue weighted by Crippen LogP contribution is -2.17. The maximum Gasteiger partial charge on any atom is 0.433 e. The number of nitrogens with zero attached hydrogens (tertiary/aromatic N) is 1. The molecule has 1 heterocycles. The Balaban J connectivity index is 3.51. The zero-order valence-corrected chi connectivity index (χ0v) is 9.21. The van der Waals surface area contributed by atoms with E-state index >= 15 is 0 Å². The van der Waals surface area contributed by atoms with E-state index in [4.69, 9.17) is 0 Å². The Morgan fingerprint density at radius 1 is 0.850 bits per heavy atom. The first-order valence-electron chi connectivity index (χ1n) is 4.66. The van der Waals surface area contributed by atoms with Crippen LogP contribution in [0.2, 0.25) is 0 Å². The average molecular weight is 309 g/mol. The van der Waals surface area contributed by atoms with E-state index in [1.165, 1.54) is 0 Å². The van der Waals surface area contributed by atoms with Crippen molar-refractivity contribution in [2.24, 2.45) is 0 Å². The summed E-state index contributed by atoms with van der Waals surface area (Å²) in [4.78, 5) is 2.54. The molecule has 0 fully saturated rings. The van der Waals surface area contributed by atoms with Gasteiger partial charge in [0.2, 0.25) is 0 Å². The largest absolute Gasteiger partial charge is 0.433 e. The number of hydrogen-bond acceptors (Lipinski definition) is 1. The van der Waals surface area contributed by atoms with Crippen LogP contribution in [0.1, 0.15) is 17.0 Å². The van der Waals surface area contributed by atoms with E-state index in [9.17, 15) is 39.5 Å². The molecule has 0 spiro atoms. The second kappa shape index (κ2) is 4.67. The van der Waals surface area contributed by atoms with Crippen molar-refractivity contribution in [3.8, 4) is 0 Å². The van der Waals surface area contributed by atoms with Crippen LogP contribution in [0.15, 0.2) is 18.7 Å². The Morgan fingerprint density at radius 2 is 1.35 bits per heavy atom. The van der Waals surface area contributed by atoms with Gasteiger partial charge in [-0.15, -0.1) is 0 Å². The number of aromatic nitrogens is 1. The van der Waals surface area contributed by atoms with Crippen molar-refractivity contribution in [2.75, 3.05) is 0 Å². The van der Waals surface area contributed by atoms with Crippen LogP contribution in [0.5, 0.6) is 0 Å². The van der Waals surface area contributed by atoms with Crippen molar-refractivity contribution in [3.05, 3.63) is 35.7 Å². The monoisotopic (exact) mass is 309 g/mol. The first-order valence-corrected chi connectivity index (χ1v) is 4.66. The maximum absolute atomic E-state index is 12.4. The van der Waals surface area contributed by atoms with Crippen molar-refractivity contribution in [1.82, 2.24) is 4.98 Å². The summed E-state index contributed by atoms with van der Waals surface area (Å²) < 4.78 is 111. The van der Waals surface area contributed by atoms with Crippen LogP contribution in [0.4, 0.5) is 39.5 Å². The van der Waals surface area contributed by atoms with Crippen LogP contribution in [0.3, 0.4) is 0 Å². The molecule has 0 unspecified atom stereocenters. The quantitative estimate of drug-likeness (QED) is 0.686. The number of alkyl halides is 9. The van der Waals surface area contributed by atoms with Gasteiger partial charge in [0.05, 0.1) is 16.8 Å². The molecule has 0 N–H and O–H groups in total. The fourth-order valence-electron chi connectivity index (χ4n) is 1.14. The fraction of sp³-hybridized carbons (Fsp3) is 0.300. The maximum atomic E-state index is 12.4. The zero-order chi connectivity index (χ0) is 15.9. The molecule has 0 aromatic carbocycles. The van der Waals surface area contributed by atoms with Crippen molar-refractivity contribution < 1.29 is 39.5 Å². The molecule has 0 aliphatic carbocycles. The van der Waals surface area contributed by atoms with Gasteiger partial charge in [-0.2, -0.15) is 39.5 Å². The van der Waals surface area contributed by atoms with Gasteiger partial charge in [0.15, 0.2) is 0 Å². The second-order valence-corrected chi connectivity index (χ2v) is 3.60. The normalized spacial score (nSPS) is 13.4. The molecule has 0 radical (unpaired) electrons. The van der Waals surface area contributed by atoms with Crippen molar-refractivity contribution in [2.45, 2.75) is 18.5 Å². The smallest absolute Gasteiger partial charge is 0.243 e. The molecule has 0 aliphatic heterocycles. The highest BCUT2D eigenvalue weighted by Gasteiger charge is 2.41. The molecule has 0 saturated heterocycles. The predicted molar refractivity (Wildman–Crippen MR) is 49.3 cm³/mol. The van der Waals surface area contributed by atoms with Crippen LogP contribution < -0.4 is 0 Å². The van der Waals surface area contributed by atoms with E-state index in [1.54, 1.807) is 0 Å². The van der Waals surface area contributed by atoms with Crippen LogP contribution in [0.25, 0.3) is 5.57 Å². The van der Waals surface area contributed by atoms with E-state index in [0.717, 1.165) is 0 Å². The van der Waals surface area contributed by atoms with Crippen molar-refractivity contribution in [3.63, 3.8) is 0 Å². The summed E-state index contributed by atoms with van der Waals surface area (Å²) in [6, 6.07) is -0.502. The number of pyridine rings is 1. The minimum absolute atomic E-state index is 0.134. The zero-order valence-electron chi connectivity index (χ0n) is 9.21. The van der Waals surface area contributed by atoms with E-state index in [1.807, 2.05) is 0 Å². The molecule has 0 saturated carbocycles. The lowest BCUT2D eigenvalue weighted by molar-refractivity contribution is -0.145. The second-order valence-electron chi connectivity index (χ2n) is 3.60. The third-order valence-corrected chi connectivity index (χ3v) is 2.09. The first kappa shape index (κ1) is 16.3. The molecule has 112 valence electrons. The topological polar surface area (TPSA) is 12.9 Å². The number of allylic oxidation sites excluding steroid dienone is 1. The molecule has 0 amide bonds. The summed E-state index contributed by atoms with van der Waals surface area (Å²) >= 11 is 0. The standard InChI is InChI=1S/C10H4F9N/c1-4(8(11,12)13)6-2-5(9(14,15)16)3-7(20-6)10(17,18)19/h2-3H,1H2. The molecular weight excluding hydrogens is 305 g/mol. The molecule has 10 heteroatoms. The third kappa shape index (κ3) is 3.64. The van der Waals surface area contributed by atoms with Gasteiger partial charge in [0.25, 0.3) is 0 Å². The van der Waals surface area contributed by atoms with E-state index in [2.05, 4.69) is 11.6 Å². The Kier molecular flexibility index (Phi) is 3.81. The highest BCUT2D eigenvalue weighted by atomic mass is 19.4. The summed E-state index contributed by atoms with van der Waals surface area (Å²) in [6.45, 7) is 2.42. The van der Waals surface area contributed by atoms with Gasteiger partial charge in [0.1, 0.15) is 5.69 Å². The molecule has 1 rings (SSSR count). The van der Waals surface area contributed by atoms with Crippen LogP contribution in [-0.4, -0.2) is 11.2 Å². The van der Waals surface area contributed by atoms with Gasteiger partial charge in [-0.05, 0) is 12.1 Å². The van der Waals surface area contributed by atoms with Crippen LogP contribution >= 0.6 is 0 Å². The Morgan fingerprint density at radius 3 is 1.70 bits per heavy atom. The van der Waals surface area contributed by atoms with Gasteiger partial charge in [0, 0.05) is 0 Å². The lowest BCUT2D eigenvalue weighted by Gasteiger charge is -2.15.